The average Bonchev–Trinajstić information content (AvgIpc) is 2.75. The van der Waals surface area contributed by atoms with Crippen LogP contribution in [-0.2, 0) is 6.54 Å². The Morgan fingerprint density at radius 1 is 1.35 bits per heavy atom. The van der Waals surface area contributed by atoms with E-state index in [2.05, 4.69) is 9.97 Å². The van der Waals surface area contributed by atoms with Gasteiger partial charge in [-0.25, -0.2) is 9.97 Å². The number of furan rings is 1. The van der Waals surface area contributed by atoms with Gasteiger partial charge in [-0.2, -0.15) is 5.26 Å². The Bertz CT molecular complexity index is 538. The van der Waals surface area contributed by atoms with Gasteiger partial charge in [-0.15, -0.1) is 0 Å². The van der Waals surface area contributed by atoms with Crippen LogP contribution >= 0.6 is 0 Å². The smallest absolute Gasteiger partial charge is 0.158 e. The Labute approximate surface area is 99.3 Å². The van der Waals surface area contributed by atoms with E-state index in [9.17, 15) is 0 Å². The van der Waals surface area contributed by atoms with E-state index in [1.165, 1.54) is 6.20 Å². The Morgan fingerprint density at radius 3 is 2.71 bits per heavy atom. The minimum Gasteiger partial charge on any atom is -0.464 e. The fourth-order valence-electron chi connectivity index (χ4n) is 1.46. The molecule has 0 atom stereocenters. The molecule has 0 aromatic carbocycles. The van der Waals surface area contributed by atoms with Crippen molar-refractivity contribution < 1.29 is 4.42 Å². The van der Waals surface area contributed by atoms with Crippen molar-refractivity contribution in [3.63, 3.8) is 0 Å². The van der Waals surface area contributed by atoms with Crippen molar-refractivity contribution in [1.82, 2.24) is 9.97 Å². The van der Waals surface area contributed by atoms with Crippen molar-refractivity contribution in [2.45, 2.75) is 13.5 Å². The zero-order chi connectivity index (χ0) is 12.3. The summed E-state index contributed by atoms with van der Waals surface area (Å²) >= 11 is 0. The highest BCUT2D eigenvalue weighted by Gasteiger charge is 2.06. The standard InChI is InChI=1S/C12H12N4O/c1-9-3-4-11(17-9)8-16(2)12-7-14-10(5-13)6-15-12/h3-4,6-7H,8H2,1-2H3. The summed E-state index contributed by atoms with van der Waals surface area (Å²) in [7, 11) is 1.90. The molecule has 2 heterocycles. The summed E-state index contributed by atoms with van der Waals surface area (Å²) in [5.41, 5.74) is 0.316. The first-order chi connectivity index (χ1) is 8.19. The number of hydrogen-bond acceptors (Lipinski definition) is 5. The van der Waals surface area contributed by atoms with Crippen LogP contribution in [0.15, 0.2) is 28.9 Å². The van der Waals surface area contributed by atoms with Gasteiger partial charge in [-0.05, 0) is 19.1 Å². The molecule has 86 valence electrons. The SMILES string of the molecule is Cc1ccc(CN(C)c2cnc(C#N)cn2)o1. The number of aryl methyl sites for hydroxylation is 1. The molecule has 0 radical (unpaired) electrons. The monoisotopic (exact) mass is 228 g/mol. The van der Waals surface area contributed by atoms with Crippen molar-refractivity contribution >= 4 is 5.82 Å². The summed E-state index contributed by atoms with van der Waals surface area (Å²) in [5.74, 6) is 2.47. The molecule has 0 amide bonds. The molecule has 2 aromatic heterocycles. The summed E-state index contributed by atoms with van der Waals surface area (Å²) < 4.78 is 5.48. The summed E-state index contributed by atoms with van der Waals surface area (Å²) in [5, 5.41) is 8.62. The number of nitrogens with zero attached hydrogens (tertiary/aromatic N) is 4. The first kappa shape index (κ1) is 11.1. The van der Waals surface area contributed by atoms with E-state index in [1.807, 2.05) is 37.1 Å². The van der Waals surface area contributed by atoms with E-state index >= 15 is 0 Å². The van der Waals surface area contributed by atoms with Crippen LogP contribution in [0.1, 0.15) is 17.2 Å². The van der Waals surface area contributed by atoms with Gasteiger partial charge in [0.25, 0.3) is 0 Å². The second kappa shape index (κ2) is 4.66. The summed E-state index contributed by atoms with van der Waals surface area (Å²) in [6.07, 6.45) is 3.04. The van der Waals surface area contributed by atoms with Gasteiger partial charge < -0.3 is 9.32 Å². The molecule has 0 saturated heterocycles. The molecule has 0 aliphatic carbocycles. The molecule has 5 nitrogen and oxygen atoms in total. The third kappa shape index (κ3) is 2.61. The highest BCUT2D eigenvalue weighted by Crippen LogP contribution is 2.13. The van der Waals surface area contributed by atoms with E-state index in [0.29, 0.717) is 18.1 Å². The van der Waals surface area contributed by atoms with E-state index in [1.54, 1.807) is 6.20 Å². The molecular formula is C12H12N4O. The molecule has 0 fully saturated rings. The van der Waals surface area contributed by atoms with Crippen LogP contribution in [0.5, 0.6) is 0 Å². The van der Waals surface area contributed by atoms with Gasteiger partial charge in [0.1, 0.15) is 23.4 Å². The van der Waals surface area contributed by atoms with Crippen LogP contribution in [0.25, 0.3) is 0 Å². The summed E-state index contributed by atoms with van der Waals surface area (Å²) in [6, 6.07) is 5.79. The number of rotatable bonds is 3. The molecule has 0 aliphatic rings. The van der Waals surface area contributed by atoms with Crippen molar-refractivity contribution in [3.8, 4) is 6.07 Å². The zero-order valence-electron chi connectivity index (χ0n) is 9.71. The topological polar surface area (TPSA) is 66.0 Å². The van der Waals surface area contributed by atoms with Crippen molar-refractivity contribution in [2.75, 3.05) is 11.9 Å². The molecule has 5 heteroatoms. The molecule has 17 heavy (non-hydrogen) atoms. The maximum Gasteiger partial charge on any atom is 0.158 e. The Morgan fingerprint density at radius 2 is 2.18 bits per heavy atom. The van der Waals surface area contributed by atoms with Gasteiger partial charge in [-0.1, -0.05) is 0 Å². The van der Waals surface area contributed by atoms with Crippen LogP contribution in [0.2, 0.25) is 0 Å². The quantitative estimate of drug-likeness (QED) is 0.802. The van der Waals surface area contributed by atoms with Crippen molar-refractivity contribution in [1.29, 1.82) is 5.26 Å². The summed E-state index contributed by atoms with van der Waals surface area (Å²) in [6.45, 7) is 2.53. The van der Waals surface area contributed by atoms with Gasteiger partial charge >= 0.3 is 0 Å². The lowest BCUT2D eigenvalue weighted by Crippen LogP contribution is -2.17. The minimum atomic E-state index is 0.316. The normalized spacial score (nSPS) is 9.94. The number of hydrogen-bond donors (Lipinski definition) is 0. The molecule has 0 spiro atoms. The maximum absolute atomic E-state index is 8.62. The van der Waals surface area contributed by atoms with Crippen LogP contribution in [0.4, 0.5) is 5.82 Å². The van der Waals surface area contributed by atoms with Gasteiger partial charge in [0.2, 0.25) is 0 Å². The van der Waals surface area contributed by atoms with Crippen molar-refractivity contribution in [2.24, 2.45) is 0 Å². The lowest BCUT2D eigenvalue weighted by molar-refractivity contribution is 0.481. The van der Waals surface area contributed by atoms with E-state index in [-0.39, 0.29) is 0 Å². The molecule has 0 unspecified atom stereocenters. The van der Waals surface area contributed by atoms with E-state index in [0.717, 1.165) is 11.5 Å². The number of aromatic nitrogens is 2. The molecule has 2 aromatic rings. The Balaban J connectivity index is 2.09. The van der Waals surface area contributed by atoms with E-state index in [4.69, 9.17) is 9.68 Å². The first-order valence-corrected chi connectivity index (χ1v) is 5.17. The predicted molar refractivity (Wildman–Crippen MR) is 62.3 cm³/mol. The number of anilines is 1. The molecule has 0 bridgehead atoms. The van der Waals surface area contributed by atoms with Gasteiger partial charge in [0.05, 0.1) is 18.9 Å². The third-order valence-electron chi connectivity index (χ3n) is 2.33. The van der Waals surface area contributed by atoms with Crippen LogP contribution < -0.4 is 4.90 Å². The Kier molecular flexibility index (Phi) is 3.06. The average molecular weight is 228 g/mol. The van der Waals surface area contributed by atoms with Crippen LogP contribution in [0, 0.1) is 18.3 Å². The molecule has 0 aliphatic heterocycles. The maximum atomic E-state index is 8.62. The highest BCUT2D eigenvalue weighted by molar-refractivity contribution is 5.36. The molecular weight excluding hydrogens is 216 g/mol. The summed E-state index contributed by atoms with van der Waals surface area (Å²) in [4.78, 5) is 10.0. The van der Waals surface area contributed by atoms with Gasteiger partial charge in [-0.3, -0.25) is 0 Å². The lowest BCUT2D eigenvalue weighted by atomic mass is 10.4. The van der Waals surface area contributed by atoms with E-state index < -0.39 is 0 Å². The molecule has 2 rings (SSSR count). The number of nitriles is 1. The molecule has 0 N–H and O–H groups in total. The fraction of sp³-hybridized carbons (Fsp3) is 0.250. The Hall–Kier alpha value is -2.35. The van der Waals surface area contributed by atoms with Crippen molar-refractivity contribution in [3.05, 3.63) is 41.7 Å². The fourth-order valence-corrected chi connectivity index (χ4v) is 1.46. The highest BCUT2D eigenvalue weighted by atomic mass is 16.3. The third-order valence-corrected chi connectivity index (χ3v) is 2.33. The van der Waals surface area contributed by atoms with Crippen LogP contribution in [-0.4, -0.2) is 17.0 Å². The largest absolute Gasteiger partial charge is 0.464 e. The first-order valence-electron chi connectivity index (χ1n) is 5.17. The zero-order valence-corrected chi connectivity index (χ0v) is 9.71. The van der Waals surface area contributed by atoms with Crippen LogP contribution in [0.3, 0.4) is 0 Å². The lowest BCUT2D eigenvalue weighted by Gasteiger charge is -2.15. The second-order valence-electron chi connectivity index (χ2n) is 3.74. The van der Waals surface area contributed by atoms with Gasteiger partial charge in [0, 0.05) is 7.05 Å². The minimum absolute atomic E-state index is 0.316. The van der Waals surface area contributed by atoms with Gasteiger partial charge in [0.15, 0.2) is 5.69 Å². The second-order valence-corrected chi connectivity index (χ2v) is 3.74. The predicted octanol–water partition coefficient (Wildman–Crippen LogP) is 1.89. The molecule has 0 saturated carbocycles.